The Bertz CT molecular complexity index is 3650. The van der Waals surface area contributed by atoms with Gasteiger partial charge >= 0.3 is 0 Å². The van der Waals surface area contributed by atoms with Gasteiger partial charge in [-0.2, -0.15) is 0 Å². The van der Waals surface area contributed by atoms with Crippen LogP contribution in [0, 0.1) is 0 Å². The van der Waals surface area contributed by atoms with Gasteiger partial charge in [-0.15, -0.1) is 0 Å². The van der Waals surface area contributed by atoms with Gasteiger partial charge in [0.05, 0.1) is 0 Å². The van der Waals surface area contributed by atoms with Crippen LogP contribution in [0.2, 0.25) is 0 Å². The fourth-order valence-corrected chi connectivity index (χ4v) is 8.91. The molecule has 0 N–H and O–H groups in total. The molecule has 10 aromatic carbocycles. The summed E-state index contributed by atoms with van der Waals surface area (Å²) in [5, 5.41) is 9.07. The first kappa shape index (κ1) is 34.8. The molecule has 0 radical (unpaired) electrons. The summed E-state index contributed by atoms with van der Waals surface area (Å²) in [5.74, 6) is 1.87. The molecular formula is C57H35N3O. The minimum Gasteiger partial charge on any atom is -0.455 e. The molecule has 0 unspecified atom stereocenters. The SMILES string of the molecule is c1ccc(-c2cccc(-c3nc(-c4ccccc4)nc(-c4ccc(-c5ccc(-c6ccc7ccccc7c6)c6oc7cc8ccccc8cc7c56)c5ccccc45)n3)c2)cc1. The van der Waals surface area contributed by atoms with Crippen molar-refractivity contribution in [3.05, 3.63) is 212 Å². The number of furan rings is 1. The second-order valence-electron chi connectivity index (χ2n) is 15.5. The van der Waals surface area contributed by atoms with Crippen molar-refractivity contribution in [1.29, 1.82) is 0 Å². The number of fused-ring (bicyclic) bond motifs is 6. The molecule has 2 heterocycles. The fourth-order valence-electron chi connectivity index (χ4n) is 8.91. The van der Waals surface area contributed by atoms with Crippen LogP contribution >= 0.6 is 0 Å². The van der Waals surface area contributed by atoms with E-state index in [0.717, 1.165) is 88.2 Å². The number of rotatable bonds is 6. The molecule has 0 aliphatic rings. The lowest BCUT2D eigenvalue weighted by Crippen LogP contribution is -2.01. The van der Waals surface area contributed by atoms with E-state index in [1.165, 1.54) is 16.2 Å². The van der Waals surface area contributed by atoms with Crippen molar-refractivity contribution in [3.8, 4) is 67.5 Å². The second-order valence-corrected chi connectivity index (χ2v) is 15.5. The van der Waals surface area contributed by atoms with Crippen LogP contribution in [0.5, 0.6) is 0 Å². The van der Waals surface area contributed by atoms with Gasteiger partial charge in [0.25, 0.3) is 0 Å². The maximum atomic E-state index is 6.95. The smallest absolute Gasteiger partial charge is 0.164 e. The fraction of sp³-hybridized carbons (Fsp3) is 0. The maximum absolute atomic E-state index is 6.95. The topological polar surface area (TPSA) is 51.8 Å². The van der Waals surface area contributed by atoms with Gasteiger partial charge in [-0.1, -0.05) is 176 Å². The summed E-state index contributed by atoms with van der Waals surface area (Å²) in [5.41, 5.74) is 11.2. The van der Waals surface area contributed by atoms with E-state index in [0.29, 0.717) is 17.5 Å². The first-order valence-corrected chi connectivity index (χ1v) is 20.6. The van der Waals surface area contributed by atoms with Crippen LogP contribution in [0.25, 0.3) is 122 Å². The highest BCUT2D eigenvalue weighted by molar-refractivity contribution is 6.21. The predicted octanol–water partition coefficient (Wildman–Crippen LogP) is 15.2. The van der Waals surface area contributed by atoms with Gasteiger partial charge in [0.2, 0.25) is 0 Å². The number of nitrogens with zero attached hydrogens (tertiary/aromatic N) is 3. The standard InChI is InChI=1S/C57H35N3O/c1-3-14-36(15-4-1)40-22-13-23-44(33-40)56-58-55(38-17-5-2-6-18-38)59-57(60-56)50-31-29-48(46-24-11-12-25-47(46)50)49-30-28-45(43-27-26-37-16-7-8-19-39(37)32-43)54-53(49)51-34-41-20-9-10-21-42(41)35-52(51)61-54/h1-35H. The van der Waals surface area contributed by atoms with Crippen molar-refractivity contribution in [2.24, 2.45) is 0 Å². The highest BCUT2D eigenvalue weighted by Gasteiger charge is 2.21. The average Bonchev–Trinajstić information content (AvgIpc) is 3.71. The molecule has 0 amide bonds. The molecule has 12 rings (SSSR count). The van der Waals surface area contributed by atoms with Crippen molar-refractivity contribution < 1.29 is 4.42 Å². The quantitative estimate of drug-likeness (QED) is 0.169. The number of hydrogen-bond acceptors (Lipinski definition) is 4. The van der Waals surface area contributed by atoms with E-state index >= 15 is 0 Å². The van der Waals surface area contributed by atoms with Gasteiger partial charge in [-0.3, -0.25) is 0 Å². The van der Waals surface area contributed by atoms with Gasteiger partial charge in [0.15, 0.2) is 17.5 Å². The summed E-state index contributed by atoms with van der Waals surface area (Å²) in [6, 6.07) is 74.6. The zero-order valence-corrected chi connectivity index (χ0v) is 33.0. The summed E-state index contributed by atoms with van der Waals surface area (Å²) >= 11 is 0. The minimum atomic E-state index is 0.619. The minimum absolute atomic E-state index is 0.619. The second kappa shape index (κ2) is 14.3. The molecule has 4 heteroatoms. The maximum Gasteiger partial charge on any atom is 0.164 e. The van der Waals surface area contributed by atoms with E-state index in [9.17, 15) is 0 Å². The summed E-state index contributed by atoms with van der Waals surface area (Å²) in [6.45, 7) is 0. The van der Waals surface area contributed by atoms with E-state index in [2.05, 4.69) is 188 Å². The number of hydrogen-bond donors (Lipinski definition) is 0. The highest BCUT2D eigenvalue weighted by Crippen LogP contribution is 2.46. The molecule has 0 aliphatic heterocycles. The van der Waals surface area contributed by atoms with E-state index in [-0.39, 0.29) is 0 Å². The Hall–Kier alpha value is -8.21. The van der Waals surface area contributed by atoms with Crippen LogP contribution in [-0.2, 0) is 0 Å². The van der Waals surface area contributed by atoms with E-state index < -0.39 is 0 Å². The molecule has 0 atom stereocenters. The third-order valence-electron chi connectivity index (χ3n) is 11.9. The van der Waals surface area contributed by atoms with Crippen LogP contribution in [-0.4, -0.2) is 15.0 Å². The van der Waals surface area contributed by atoms with Crippen LogP contribution < -0.4 is 0 Å². The summed E-state index contributed by atoms with van der Waals surface area (Å²) in [4.78, 5) is 15.5. The molecule has 2 aromatic heterocycles. The molecule has 0 fully saturated rings. The first-order chi connectivity index (χ1) is 30.2. The monoisotopic (exact) mass is 777 g/mol. The number of benzene rings is 10. The van der Waals surface area contributed by atoms with E-state index in [4.69, 9.17) is 19.4 Å². The van der Waals surface area contributed by atoms with E-state index in [1.807, 2.05) is 24.3 Å². The van der Waals surface area contributed by atoms with Crippen molar-refractivity contribution in [3.63, 3.8) is 0 Å². The molecule has 61 heavy (non-hydrogen) atoms. The Kier molecular flexibility index (Phi) is 8.13. The predicted molar refractivity (Wildman–Crippen MR) is 252 cm³/mol. The normalized spacial score (nSPS) is 11.6. The average molecular weight is 778 g/mol. The van der Waals surface area contributed by atoms with Gasteiger partial charge in [0, 0.05) is 33.0 Å². The Morgan fingerprint density at radius 3 is 1.59 bits per heavy atom. The zero-order valence-electron chi connectivity index (χ0n) is 33.0. The third-order valence-corrected chi connectivity index (χ3v) is 11.9. The molecule has 0 saturated carbocycles. The van der Waals surface area contributed by atoms with Gasteiger partial charge in [-0.25, -0.2) is 15.0 Å². The molecule has 0 saturated heterocycles. The molecule has 0 spiro atoms. The molecule has 0 bridgehead atoms. The lowest BCUT2D eigenvalue weighted by molar-refractivity contribution is 0.670. The van der Waals surface area contributed by atoms with Crippen LogP contribution in [0.3, 0.4) is 0 Å². The highest BCUT2D eigenvalue weighted by atomic mass is 16.3. The summed E-state index contributed by atoms with van der Waals surface area (Å²) < 4.78 is 6.95. The Morgan fingerprint density at radius 2 is 0.820 bits per heavy atom. The largest absolute Gasteiger partial charge is 0.455 e. The molecular weight excluding hydrogens is 743 g/mol. The zero-order chi connectivity index (χ0) is 40.3. The molecule has 4 nitrogen and oxygen atoms in total. The lowest BCUT2D eigenvalue weighted by Gasteiger charge is -2.15. The van der Waals surface area contributed by atoms with Crippen LogP contribution in [0.15, 0.2) is 217 Å². The van der Waals surface area contributed by atoms with Crippen molar-refractivity contribution in [1.82, 2.24) is 15.0 Å². The van der Waals surface area contributed by atoms with Crippen molar-refractivity contribution >= 4 is 54.3 Å². The molecule has 0 aliphatic carbocycles. The van der Waals surface area contributed by atoms with Gasteiger partial charge in [-0.05, 0) is 96.5 Å². The van der Waals surface area contributed by atoms with Crippen molar-refractivity contribution in [2.45, 2.75) is 0 Å². The van der Waals surface area contributed by atoms with Gasteiger partial charge < -0.3 is 4.42 Å². The van der Waals surface area contributed by atoms with Crippen LogP contribution in [0.1, 0.15) is 0 Å². The summed E-state index contributed by atoms with van der Waals surface area (Å²) in [6.07, 6.45) is 0. The number of aromatic nitrogens is 3. The van der Waals surface area contributed by atoms with Gasteiger partial charge in [0.1, 0.15) is 11.2 Å². The Labute approximate surface area is 352 Å². The Morgan fingerprint density at radius 1 is 0.279 bits per heavy atom. The third kappa shape index (κ3) is 6.04. The first-order valence-electron chi connectivity index (χ1n) is 20.6. The Balaban J connectivity index is 1.07. The van der Waals surface area contributed by atoms with Crippen LogP contribution in [0.4, 0.5) is 0 Å². The van der Waals surface area contributed by atoms with Crippen molar-refractivity contribution in [2.75, 3.05) is 0 Å². The lowest BCUT2D eigenvalue weighted by atomic mass is 9.90. The molecule has 284 valence electrons. The molecule has 12 aromatic rings. The van der Waals surface area contributed by atoms with E-state index in [1.54, 1.807) is 0 Å². The summed E-state index contributed by atoms with van der Waals surface area (Å²) in [7, 11) is 0.